The number of anilines is 1. The fraction of sp³-hybridized carbons (Fsp3) is 0.235. The molecule has 0 unspecified atom stereocenters. The Morgan fingerprint density at radius 1 is 1.00 bits per heavy atom. The van der Waals surface area contributed by atoms with Gasteiger partial charge in [-0.2, -0.15) is 0 Å². The van der Waals surface area contributed by atoms with Crippen LogP contribution in [0.4, 0.5) is 5.13 Å². The molecule has 23 heavy (non-hydrogen) atoms. The number of sulfonamides is 1. The predicted molar refractivity (Wildman–Crippen MR) is 93.5 cm³/mol. The van der Waals surface area contributed by atoms with Crippen molar-refractivity contribution in [1.29, 1.82) is 0 Å². The molecule has 3 aromatic rings. The van der Waals surface area contributed by atoms with Crippen LogP contribution in [0.2, 0.25) is 0 Å². The predicted octanol–water partition coefficient (Wildman–Crippen LogP) is 3.98. The van der Waals surface area contributed by atoms with Crippen LogP contribution in [0, 0.1) is 0 Å². The Kier molecular flexibility index (Phi) is 3.58. The molecular formula is C17H16N2O2S2. The van der Waals surface area contributed by atoms with Gasteiger partial charge in [-0.05, 0) is 61.1 Å². The van der Waals surface area contributed by atoms with Gasteiger partial charge < -0.3 is 0 Å². The second-order valence-corrected chi connectivity index (χ2v) is 8.44. The van der Waals surface area contributed by atoms with E-state index in [0.29, 0.717) is 10.0 Å². The minimum absolute atomic E-state index is 0.317. The molecule has 0 radical (unpaired) electrons. The van der Waals surface area contributed by atoms with Gasteiger partial charge in [0.05, 0.1) is 15.1 Å². The van der Waals surface area contributed by atoms with E-state index in [1.54, 1.807) is 6.07 Å². The van der Waals surface area contributed by atoms with Crippen molar-refractivity contribution in [3.05, 3.63) is 53.6 Å². The van der Waals surface area contributed by atoms with Crippen LogP contribution in [0.15, 0.2) is 47.4 Å². The van der Waals surface area contributed by atoms with Crippen LogP contribution >= 0.6 is 11.3 Å². The highest BCUT2D eigenvalue weighted by Gasteiger charge is 2.19. The van der Waals surface area contributed by atoms with Crippen LogP contribution in [0.3, 0.4) is 0 Å². The van der Waals surface area contributed by atoms with Crippen molar-refractivity contribution >= 4 is 36.7 Å². The molecule has 0 bridgehead atoms. The van der Waals surface area contributed by atoms with E-state index in [-0.39, 0.29) is 0 Å². The maximum atomic E-state index is 12.6. The summed E-state index contributed by atoms with van der Waals surface area (Å²) in [6.45, 7) is 0. The number of aromatic nitrogens is 1. The van der Waals surface area contributed by atoms with Crippen molar-refractivity contribution in [2.24, 2.45) is 0 Å². The fourth-order valence-electron chi connectivity index (χ4n) is 2.97. The number of hydrogen-bond donors (Lipinski definition) is 1. The van der Waals surface area contributed by atoms with Crippen LogP contribution in [-0.2, 0) is 22.9 Å². The lowest BCUT2D eigenvalue weighted by Crippen LogP contribution is -2.14. The molecule has 6 heteroatoms. The molecule has 4 nitrogen and oxygen atoms in total. The standard InChI is InChI=1S/C17H16N2O2S2/c20-23(21,14-10-9-12-5-1-2-6-13(12)11-14)19-17-18-15-7-3-4-8-16(15)22-17/h3-4,7-11H,1-2,5-6H2,(H,18,19). The molecule has 4 rings (SSSR count). The number of hydrogen-bond acceptors (Lipinski definition) is 4. The normalized spacial score (nSPS) is 14.6. The number of thiazole rings is 1. The second-order valence-electron chi connectivity index (χ2n) is 5.73. The van der Waals surface area contributed by atoms with Gasteiger partial charge in [-0.25, -0.2) is 13.4 Å². The van der Waals surface area contributed by atoms with E-state index in [1.165, 1.54) is 23.3 Å². The van der Waals surface area contributed by atoms with Crippen molar-refractivity contribution < 1.29 is 8.42 Å². The molecule has 0 amide bonds. The number of nitrogens with zero attached hydrogens (tertiary/aromatic N) is 1. The Morgan fingerprint density at radius 2 is 1.78 bits per heavy atom. The summed E-state index contributed by atoms with van der Waals surface area (Å²) >= 11 is 1.35. The summed E-state index contributed by atoms with van der Waals surface area (Å²) in [5, 5.41) is 0.406. The van der Waals surface area contributed by atoms with Crippen molar-refractivity contribution in [2.75, 3.05) is 4.72 Å². The maximum absolute atomic E-state index is 12.6. The van der Waals surface area contributed by atoms with Gasteiger partial charge in [0.1, 0.15) is 0 Å². The molecule has 1 aliphatic rings. The molecular weight excluding hydrogens is 328 g/mol. The third-order valence-corrected chi connectivity index (χ3v) is 6.56. The van der Waals surface area contributed by atoms with Crippen molar-refractivity contribution in [3.63, 3.8) is 0 Å². The lowest BCUT2D eigenvalue weighted by molar-refractivity contribution is 0.600. The molecule has 0 fully saturated rings. The molecule has 1 N–H and O–H groups in total. The van der Waals surface area contributed by atoms with Gasteiger partial charge in [0.25, 0.3) is 10.0 Å². The van der Waals surface area contributed by atoms with E-state index in [2.05, 4.69) is 9.71 Å². The highest BCUT2D eigenvalue weighted by atomic mass is 32.2. The van der Waals surface area contributed by atoms with Crippen LogP contribution in [0.1, 0.15) is 24.0 Å². The number of para-hydroxylation sites is 1. The molecule has 0 spiro atoms. The SMILES string of the molecule is O=S(=O)(Nc1nc2ccccc2s1)c1ccc2c(c1)CCCC2. The van der Waals surface area contributed by atoms with Gasteiger partial charge in [-0.3, -0.25) is 4.72 Å². The minimum atomic E-state index is -3.60. The van der Waals surface area contributed by atoms with Crippen LogP contribution < -0.4 is 4.72 Å². The van der Waals surface area contributed by atoms with Crippen molar-refractivity contribution in [1.82, 2.24) is 4.98 Å². The molecule has 1 aliphatic carbocycles. The third-order valence-electron chi connectivity index (χ3n) is 4.15. The first-order chi connectivity index (χ1) is 11.1. The van der Waals surface area contributed by atoms with E-state index in [0.717, 1.165) is 35.0 Å². The van der Waals surface area contributed by atoms with E-state index < -0.39 is 10.0 Å². The molecule has 1 aromatic heterocycles. The maximum Gasteiger partial charge on any atom is 0.263 e. The van der Waals surface area contributed by atoms with Gasteiger partial charge in [0.2, 0.25) is 0 Å². The zero-order valence-corrected chi connectivity index (χ0v) is 14.1. The Balaban J connectivity index is 1.67. The molecule has 0 atom stereocenters. The first-order valence-corrected chi connectivity index (χ1v) is 9.92. The average molecular weight is 344 g/mol. The first kappa shape index (κ1) is 14.7. The van der Waals surface area contributed by atoms with Gasteiger partial charge in [0.15, 0.2) is 5.13 Å². The highest BCUT2D eigenvalue weighted by molar-refractivity contribution is 7.93. The Bertz CT molecular complexity index is 944. The summed E-state index contributed by atoms with van der Waals surface area (Å²) in [5.41, 5.74) is 3.24. The monoisotopic (exact) mass is 344 g/mol. The number of aryl methyl sites for hydroxylation is 2. The topological polar surface area (TPSA) is 59.1 Å². The second kappa shape index (κ2) is 5.62. The van der Waals surface area contributed by atoms with Gasteiger partial charge in [-0.15, -0.1) is 0 Å². The minimum Gasteiger partial charge on any atom is -0.255 e. The lowest BCUT2D eigenvalue weighted by Gasteiger charge is -2.16. The fourth-order valence-corrected chi connectivity index (χ4v) is 5.12. The quantitative estimate of drug-likeness (QED) is 0.782. The van der Waals surface area contributed by atoms with Crippen molar-refractivity contribution in [3.8, 4) is 0 Å². The average Bonchev–Trinajstić information content (AvgIpc) is 2.95. The number of benzene rings is 2. The Morgan fingerprint density at radius 3 is 2.61 bits per heavy atom. The summed E-state index contributed by atoms with van der Waals surface area (Å²) < 4.78 is 28.8. The van der Waals surface area contributed by atoms with Crippen molar-refractivity contribution in [2.45, 2.75) is 30.6 Å². The summed E-state index contributed by atoms with van der Waals surface area (Å²) in [6.07, 6.45) is 4.31. The zero-order valence-electron chi connectivity index (χ0n) is 12.5. The largest absolute Gasteiger partial charge is 0.263 e. The van der Waals surface area contributed by atoms with Crippen LogP contribution in [0.5, 0.6) is 0 Å². The number of nitrogens with one attached hydrogen (secondary N) is 1. The number of rotatable bonds is 3. The molecule has 0 saturated heterocycles. The van der Waals surface area contributed by atoms with E-state index >= 15 is 0 Å². The third kappa shape index (κ3) is 2.84. The molecule has 2 aromatic carbocycles. The molecule has 0 saturated carbocycles. The van der Waals surface area contributed by atoms with Gasteiger partial charge in [-0.1, -0.05) is 29.5 Å². The lowest BCUT2D eigenvalue weighted by atomic mass is 9.92. The summed E-state index contributed by atoms with van der Waals surface area (Å²) in [7, 11) is -3.60. The van der Waals surface area contributed by atoms with Crippen LogP contribution in [0.25, 0.3) is 10.2 Å². The Labute approximate surface area is 139 Å². The molecule has 118 valence electrons. The zero-order chi connectivity index (χ0) is 15.9. The van der Waals surface area contributed by atoms with E-state index in [1.807, 2.05) is 36.4 Å². The highest BCUT2D eigenvalue weighted by Crippen LogP contribution is 2.29. The summed E-state index contributed by atoms with van der Waals surface area (Å²) in [5.74, 6) is 0. The molecule has 1 heterocycles. The van der Waals surface area contributed by atoms with E-state index in [9.17, 15) is 8.42 Å². The van der Waals surface area contributed by atoms with Gasteiger partial charge in [0, 0.05) is 0 Å². The summed E-state index contributed by atoms with van der Waals surface area (Å²) in [6, 6.07) is 13.1. The van der Waals surface area contributed by atoms with Gasteiger partial charge >= 0.3 is 0 Å². The number of fused-ring (bicyclic) bond motifs is 2. The first-order valence-electron chi connectivity index (χ1n) is 7.62. The summed E-state index contributed by atoms with van der Waals surface area (Å²) in [4.78, 5) is 4.66. The Hall–Kier alpha value is -1.92. The van der Waals surface area contributed by atoms with E-state index in [4.69, 9.17) is 0 Å². The molecule has 0 aliphatic heterocycles. The smallest absolute Gasteiger partial charge is 0.255 e. The van der Waals surface area contributed by atoms with Crippen LogP contribution in [-0.4, -0.2) is 13.4 Å².